The topological polar surface area (TPSA) is 72.6 Å². The quantitative estimate of drug-likeness (QED) is 0.850. The number of aliphatic carboxylic acids is 1. The zero-order valence-electron chi connectivity index (χ0n) is 9.27. The summed E-state index contributed by atoms with van der Waals surface area (Å²) in [5.74, 6) is -0.286. The van der Waals surface area contributed by atoms with Gasteiger partial charge in [-0.15, -0.1) is 0 Å². The second-order valence-corrected chi connectivity index (χ2v) is 4.30. The zero-order valence-corrected chi connectivity index (χ0v) is 9.27. The van der Waals surface area contributed by atoms with E-state index in [-0.39, 0.29) is 13.2 Å². The predicted octanol–water partition coefficient (Wildman–Crippen LogP) is 1.49. The van der Waals surface area contributed by atoms with Gasteiger partial charge in [0, 0.05) is 6.92 Å². The lowest BCUT2D eigenvalue weighted by atomic mass is 9.79. The third-order valence-electron chi connectivity index (χ3n) is 3.15. The molecule has 1 N–H and O–H groups in total. The third-order valence-corrected chi connectivity index (χ3v) is 3.15. The van der Waals surface area contributed by atoms with Gasteiger partial charge in [0.15, 0.2) is 11.5 Å². The van der Waals surface area contributed by atoms with Gasteiger partial charge in [-0.3, -0.25) is 4.79 Å². The van der Waals surface area contributed by atoms with Crippen LogP contribution in [0.5, 0.6) is 0 Å². The van der Waals surface area contributed by atoms with Gasteiger partial charge in [0.2, 0.25) is 0 Å². The Labute approximate surface area is 97.0 Å². The van der Waals surface area contributed by atoms with E-state index >= 15 is 0 Å². The summed E-state index contributed by atoms with van der Waals surface area (Å²) in [5.41, 5.74) is 1.15. The maximum absolute atomic E-state index is 11.3. The Morgan fingerprint density at radius 3 is 2.82 bits per heavy atom. The lowest BCUT2D eigenvalue weighted by Gasteiger charge is -2.37. The molecule has 1 saturated heterocycles. The number of aryl methyl sites for hydroxylation is 1. The Morgan fingerprint density at radius 2 is 2.24 bits per heavy atom. The summed E-state index contributed by atoms with van der Waals surface area (Å²) in [6.45, 7) is 2.18. The molecule has 0 aliphatic carbocycles. The summed E-state index contributed by atoms with van der Waals surface area (Å²) in [5, 5.41) is 9.29. The Kier molecular flexibility index (Phi) is 2.00. The summed E-state index contributed by atoms with van der Waals surface area (Å²) >= 11 is 0. The summed E-state index contributed by atoms with van der Waals surface area (Å²) in [7, 11) is 0. The first-order valence-corrected chi connectivity index (χ1v) is 5.31. The number of oxazole rings is 1. The van der Waals surface area contributed by atoms with E-state index in [1.807, 2.05) is 0 Å². The first-order valence-electron chi connectivity index (χ1n) is 5.31. The van der Waals surface area contributed by atoms with Gasteiger partial charge in [-0.05, 0) is 17.7 Å². The highest BCUT2D eigenvalue weighted by Crippen LogP contribution is 2.34. The Hall–Kier alpha value is -1.88. The molecule has 17 heavy (non-hydrogen) atoms. The number of carboxylic acid groups (broad SMARTS) is 1. The van der Waals surface area contributed by atoms with Gasteiger partial charge in [0.05, 0.1) is 13.2 Å². The minimum atomic E-state index is -0.922. The molecule has 1 aliphatic heterocycles. The average molecular weight is 233 g/mol. The van der Waals surface area contributed by atoms with Crippen molar-refractivity contribution in [1.29, 1.82) is 0 Å². The number of ether oxygens (including phenoxy) is 1. The molecular weight excluding hydrogens is 222 g/mol. The number of fused-ring (bicyclic) bond motifs is 1. The van der Waals surface area contributed by atoms with Crippen LogP contribution in [-0.2, 0) is 14.9 Å². The molecular formula is C12H11NO4. The van der Waals surface area contributed by atoms with Crippen molar-refractivity contribution in [3.8, 4) is 0 Å². The number of hydrogen-bond donors (Lipinski definition) is 1. The number of carboxylic acids is 1. The highest BCUT2D eigenvalue weighted by Gasteiger charge is 2.48. The van der Waals surface area contributed by atoms with E-state index in [0.29, 0.717) is 17.0 Å². The number of hydrogen-bond acceptors (Lipinski definition) is 4. The van der Waals surface area contributed by atoms with E-state index in [1.54, 1.807) is 25.1 Å². The van der Waals surface area contributed by atoms with E-state index in [0.717, 1.165) is 5.52 Å². The lowest BCUT2D eigenvalue weighted by Crippen LogP contribution is -2.53. The molecule has 5 heteroatoms. The van der Waals surface area contributed by atoms with E-state index in [2.05, 4.69) is 4.98 Å². The Bertz CT molecular complexity index is 598. The van der Waals surface area contributed by atoms with Crippen LogP contribution in [0, 0.1) is 6.92 Å². The van der Waals surface area contributed by atoms with Gasteiger partial charge in [0.25, 0.3) is 0 Å². The van der Waals surface area contributed by atoms with Crippen molar-refractivity contribution in [2.24, 2.45) is 0 Å². The fourth-order valence-corrected chi connectivity index (χ4v) is 2.06. The Balaban J connectivity index is 2.14. The molecule has 0 unspecified atom stereocenters. The van der Waals surface area contributed by atoms with Gasteiger partial charge < -0.3 is 14.3 Å². The van der Waals surface area contributed by atoms with Crippen molar-refractivity contribution >= 4 is 17.1 Å². The molecule has 88 valence electrons. The molecule has 1 fully saturated rings. The van der Waals surface area contributed by atoms with Gasteiger partial charge in [-0.25, -0.2) is 4.98 Å². The van der Waals surface area contributed by atoms with Crippen LogP contribution in [0.25, 0.3) is 11.1 Å². The zero-order chi connectivity index (χ0) is 12.0. The van der Waals surface area contributed by atoms with Crippen molar-refractivity contribution < 1.29 is 19.1 Å². The molecule has 0 saturated carbocycles. The first-order chi connectivity index (χ1) is 8.12. The third kappa shape index (κ3) is 1.36. The molecule has 5 nitrogen and oxygen atoms in total. The highest BCUT2D eigenvalue weighted by atomic mass is 16.5. The second kappa shape index (κ2) is 3.30. The van der Waals surface area contributed by atoms with E-state index in [1.165, 1.54) is 0 Å². The minimum absolute atomic E-state index is 0.209. The maximum Gasteiger partial charge on any atom is 0.318 e. The van der Waals surface area contributed by atoms with Crippen molar-refractivity contribution in [3.63, 3.8) is 0 Å². The first kappa shape index (κ1) is 10.3. The minimum Gasteiger partial charge on any atom is -0.480 e. The largest absolute Gasteiger partial charge is 0.480 e. The summed E-state index contributed by atoms with van der Waals surface area (Å²) in [6.07, 6.45) is 0. The van der Waals surface area contributed by atoms with Crippen molar-refractivity contribution in [2.75, 3.05) is 13.2 Å². The molecule has 0 bridgehead atoms. The maximum atomic E-state index is 11.3. The van der Waals surface area contributed by atoms with Crippen molar-refractivity contribution in [1.82, 2.24) is 4.98 Å². The van der Waals surface area contributed by atoms with E-state index < -0.39 is 11.4 Å². The van der Waals surface area contributed by atoms with Gasteiger partial charge in [-0.2, -0.15) is 0 Å². The summed E-state index contributed by atoms with van der Waals surface area (Å²) in [6, 6.07) is 5.30. The molecule has 0 atom stereocenters. The van der Waals surface area contributed by atoms with Crippen LogP contribution in [0.1, 0.15) is 11.5 Å². The molecule has 2 aromatic rings. The van der Waals surface area contributed by atoms with Gasteiger partial charge in [0.1, 0.15) is 10.9 Å². The number of aromatic nitrogens is 1. The molecule has 0 amide bonds. The van der Waals surface area contributed by atoms with Crippen LogP contribution in [0.2, 0.25) is 0 Å². The van der Waals surface area contributed by atoms with E-state index in [4.69, 9.17) is 9.15 Å². The lowest BCUT2D eigenvalue weighted by molar-refractivity contribution is -0.163. The van der Waals surface area contributed by atoms with Crippen LogP contribution < -0.4 is 0 Å². The van der Waals surface area contributed by atoms with Crippen LogP contribution in [0.4, 0.5) is 0 Å². The second-order valence-electron chi connectivity index (χ2n) is 4.30. The monoisotopic (exact) mass is 233 g/mol. The fourth-order valence-electron chi connectivity index (χ4n) is 2.06. The van der Waals surface area contributed by atoms with Crippen LogP contribution in [0.3, 0.4) is 0 Å². The molecule has 1 aliphatic rings. The molecule has 2 heterocycles. The summed E-state index contributed by atoms with van der Waals surface area (Å²) in [4.78, 5) is 15.5. The van der Waals surface area contributed by atoms with Gasteiger partial charge >= 0.3 is 5.97 Å². The van der Waals surface area contributed by atoms with Crippen LogP contribution in [-0.4, -0.2) is 29.3 Å². The van der Waals surface area contributed by atoms with Crippen molar-refractivity contribution in [2.45, 2.75) is 12.3 Å². The molecule has 0 spiro atoms. The number of rotatable bonds is 2. The fraction of sp³-hybridized carbons (Fsp3) is 0.333. The molecule has 1 aromatic carbocycles. The highest BCUT2D eigenvalue weighted by molar-refractivity contribution is 5.85. The number of carbonyl (C=O) groups is 1. The van der Waals surface area contributed by atoms with Crippen LogP contribution >= 0.6 is 0 Å². The standard InChI is InChI=1S/C12H11NO4/c1-7-13-9-3-2-8(4-10(9)17-7)12(11(14)15)5-16-6-12/h2-4H,5-6H2,1H3,(H,14,15). The SMILES string of the molecule is Cc1nc2ccc(C3(C(=O)O)COC3)cc2o1. The number of nitrogens with zero attached hydrogens (tertiary/aromatic N) is 1. The molecule has 1 aromatic heterocycles. The van der Waals surface area contributed by atoms with E-state index in [9.17, 15) is 9.90 Å². The van der Waals surface area contributed by atoms with Crippen LogP contribution in [0.15, 0.2) is 22.6 Å². The van der Waals surface area contributed by atoms with Crippen molar-refractivity contribution in [3.05, 3.63) is 29.7 Å². The molecule has 0 radical (unpaired) electrons. The molecule has 3 rings (SSSR count). The van der Waals surface area contributed by atoms with Gasteiger partial charge in [-0.1, -0.05) is 6.07 Å². The normalized spacial score (nSPS) is 17.9. The number of benzene rings is 1. The predicted molar refractivity (Wildman–Crippen MR) is 58.9 cm³/mol. The summed E-state index contributed by atoms with van der Waals surface area (Å²) < 4.78 is 10.5. The smallest absolute Gasteiger partial charge is 0.318 e. The Morgan fingerprint density at radius 1 is 1.47 bits per heavy atom. The average Bonchev–Trinajstić information content (AvgIpc) is 2.54.